The Hall–Kier alpha value is -0.480. The number of hydrogen-bond acceptors (Lipinski definition) is 2. The molecule has 3 rings (SSSR count). The molecular formula is C12H15F2NS. The lowest BCUT2D eigenvalue weighted by atomic mass is 9.87. The third-order valence-electron chi connectivity index (χ3n) is 4.02. The summed E-state index contributed by atoms with van der Waals surface area (Å²) in [6, 6.07) is 0. The van der Waals surface area contributed by atoms with Gasteiger partial charge in [0.2, 0.25) is 0 Å². The van der Waals surface area contributed by atoms with Gasteiger partial charge in [-0.3, -0.25) is 0 Å². The van der Waals surface area contributed by atoms with Crippen LogP contribution in [0.1, 0.15) is 35.3 Å². The molecule has 0 saturated heterocycles. The van der Waals surface area contributed by atoms with Crippen LogP contribution < -0.4 is 5.73 Å². The fourth-order valence-electron chi connectivity index (χ4n) is 2.85. The standard InChI is InChI=1S/C12H15F2NS/c13-12(14)6-11(12,7-15)9-5-16-10-4-2-1-3-8(9)10/h5H,1-4,6-7,15H2. The summed E-state index contributed by atoms with van der Waals surface area (Å²) in [5.41, 5.74) is 6.63. The van der Waals surface area contributed by atoms with Gasteiger partial charge in [-0.2, -0.15) is 0 Å². The van der Waals surface area contributed by atoms with E-state index < -0.39 is 11.3 Å². The topological polar surface area (TPSA) is 26.0 Å². The number of thiophene rings is 1. The SMILES string of the molecule is NCC1(c2csc3c2CCCC3)CC1(F)F. The van der Waals surface area contributed by atoms with Crippen LogP contribution in [0.25, 0.3) is 0 Å². The van der Waals surface area contributed by atoms with E-state index in [0.717, 1.165) is 24.8 Å². The van der Waals surface area contributed by atoms with Gasteiger partial charge in [0.15, 0.2) is 0 Å². The third-order valence-corrected chi connectivity index (χ3v) is 5.11. The Morgan fingerprint density at radius 3 is 2.62 bits per heavy atom. The van der Waals surface area contributed by atoms with Crippen LogP contribution in [0.2, 0.25) is 0 Å². The van der Waals surface area contributed by atoms with Crippen molar-refractivity contribution < 1.29 is 8.78 Å². The molecule has 0 aromatic carbocycles. The highest BCUT2D eigenvalue weighted by Crippen LogP contribution is 2.62. The van der Waals surface area contributed by atoms with Gasteiger partial charge in [0, 0.05) is 17.8 Å². The first-order valence-electron chi connectivity index (χ1n) is 5.78. The molecule has 1 aromatic heterocycles. The molecule has 0 radical (unpaired) electrons. The van der Waals surface area contributed by atoms with E-state index >= 15 is 0 Å². The quantitative estimate of drug-likeness (QED) is 0.849. The predicted molar refractivity (Wildman–Crippen MR) is 61.3 cm³/mol. The van der Waals surface area contributed by atoms with Crippen molar-refractivity contribution in [1.29, 1.82) is 0 Å². The Labute approximate surface area is 97.7 Å². The van der Waals surface area contributed by atoms with Gasteiger partial charge < -0.3 is 5.73 Å². The molecule has 4 heteroatoms. The van der Waals surface area contributed by atoms with E-state index in [0.29, 0.717) is 0 Å². The number of nitrogens with two attached hydrogens (primary N) is 1. The number of fused-ring (bicyclic) bond motifs is 1. The fraction of sp³-hybridized carbons (Fsp3) is 0.667. The van der Waals surface area contributed by atoms with Gasteiger partial charge in [0.25, 0.3) is 5.92 Å². The first-order chi connectivity index (χ1) is 7.61. The van der Waals surface area contributed by atoms with Gasteiger partial charge in [-0.25, -0.2) is 8.78 Å². The molecule has 2 aliphatic carbocycles. The summed E-state index contributed by atoms with van der Waals surface area (Å²) >= 11 is 1.65. The summed E-state index contributed by atoms with van der Waals surface area (Å²) in [6.07, 6.45) is 4.29. The Morgan fingerprint density at radius 1 is 1.31 bits per heavy atom. The zero-order valence-electron chi connectivity index (χ0n) is 9.06. The van der Waals surface area contributed by atoms with Gasteiger partial charge in [0.05, 0.1) is 5.41 Å². The zero-order valence-corrected chi connectivity index (χ0v) is 9.88. The average Bonchev–Trinajstić information content (AvgIpc) is 2.67. The summed E-state index contributed by atoms with van der Waals surface area (Å²) in [4.78, 5) is 1.32. The van der Waals surface area contributed by atoms with Crippen LogP contribution >= 0.6 is 11.3 Å². The number of aryl methyl sites for hydroxylation is 1. The second-order valence-corrected chi connectivity index (χ2v) is 5.89. The Bertz CT molecular complexity index is 427. The first-order valence-corrected chi connectivity index (χ1v) is 6.66. The van der Waals surface area contributed by atoms with Gasteiger partial charge in [-0.05, 0) is 42.2 Å². The molecule has 1 aromatic rings. The second-order valence-electron chi connectivity index (χ2n) is 4.93. The molecule has 1 saturated carbocycles. The Kier molecular flexibility index (Phi) is 2.17. The molecule has 2 aliphatic rings. The molecular weight excluding hydrogens is 228 g/mol. The molecule has 88 valence electrons. The molecule has 1 fully saturated rings. The van der Waals surface area contributed by atoms with Crippen molar-refractivity contribution >= 4 is 11.3 Å². The average molecular weight is 243 g/mol. The summed E-state index contributed by atoms with van der Waals surface area (Å²) in [7, 11) is 0. The molecule has 1 unspecified atom stereocenters. The highest BCUT2D eigenvalue weighted by atomic mass is 32.1. The van der Waals surface area contributed by atoms with Crippen molar-refractivity contribution in [2.45, 2.75) is 43.4 Å². The minimum absolute atomic E-state index is 0.0559. The first kappa shape index (κ1) is 10.7. The molecule has 16 heavy (non-hydrogen) atoms. The predicted octanol–water partition coefficient (Wildman–Crippen LogP) is 2.86. The van der Waals surface area contributed by atoms with E-state index in [1.807, 2.05) is 5.38 Å². The van der Waals surface area contributed by atoms with Gasteiger partial charge >= 0.3 is 0 Å². The smallest absolute Gasteiger partial charge is 0.260 e. The monoisotopic (exact) mass is 243 g/mol. The zero-order chi connectivity index (χ0) is 11.4. The van der Waals surface area contributed by atoms with Crippen LogP contribution in [0, 0.1) is 0 Å². The molecule has 0 amide bonds. The molecule has 1 nitrogen and oxygen atoms in total. The highest BCUT2D eigenvalue weighted by Gasteiger charge is 2.71. The Balaban J connectivity index is 2.04. The third kappa shape index (κ3) is 1.23. The van der Waals surface area contributed by atoms with Crippen molar-refractivity contribution in [2.75, 3.05) is 6.54 Å². The fourth-order valence-corrected chi connectivity index (χ4v) is 4.10. The Morgan fingerprint density at radius 2 is 2.00 bits per heavy atom. The minimum atomic E-state index is -2.58. The number of hydrogen-bond donors (Lipinski definition) is 1. The van der Waals surface area contributed by atoms with Crippen LogP contribution in [0.3, 0.4) is 0 Å². The van der Waals surface area contributed by atoms with E-state index in [-0.39, 0.29) is 13.0 Å². The van der Waals surface area contributed by atoms with Gasteiger partial charge in [0.1, 0.15) is 0 Å². The van der Waals surface area contributed by atoms with Gasteiger partial charge in [-0.15, -0.1) is 11.3 Å². The molecule has 1 heterocycles. The maximum atomic E-state index is 13.5. The maximum Gasteiger partial charge on any atom is 0.260 e. The molecule has 2 N–H and O–H groups in total. The number of alkyl halides is 2. The lowest BCUT2D eigenvalue weighted by molar-refractivity contribution is 0.0895. The summed E-state index contributed by atoms with van der Waals surface area (Å²) in [5, 5.41) is 1.93. The van der Waals surface area contributed by atoms with E-state index in [2.05, 4.69) is 0 Å². The van der Waals surface area contributed by atoms with Crippen molar-refractivity contribution in [3.8, 4) is 0 Å². The van der Waals surface area contributed by atoms with E-state index in [4.69, 9.17) is 5.73 Å². The summed E-state index contributed by atoms with van der Waals surface area (Å²) in [5.74, 6) is -2.58. The lowest BCUT2D eigenvalue weighted by Gasteiger charge is -2.18. The normalized spacial score (nSPS) is 31.2. The van der Waals surface area contributed by atoms with Crippen LogP contribution in [0.5, 0.6) is 0 Å². The van der Waals surface area contributed by atoms with Crippen LogP contribution in [-0.2, 0) is 18.3 Å². The van der Waals surface area contributed by atoms with E-state index in [1.165, 1.54) is 16.9 Å². The maximum absolute atomic E-state index is 13.5. The number of halogens is 2. The van der Waals surface area contributed by atoms with Crippen molar-refractivity contribution in [1.82, 2.24) is 0 Å². The van der Waals surface area contributed by atoms with Crippen LogP contribution in [0.15, 0.2) is 5.38 Å². The van der Waals surface area contributed by atoms with E-state index in [9.17, 15) is 8.78 Å². The van der Waals surface area contributed by atoms with Crippen molar-refractivity contribution in [3.05, 3.63) is 21.4 Å². The second kappa shape index (κ2) is 3.26. The van der Waals surface area contributed by atoms with Crippen LogP contribution in [-0.4, -0.2) is 12.5 Å². The number of rotatable bonds is 2. The van der Waals surface area contributed by atoms with Crippen LogP contribution in [0.4, 0.5) is 8.78 Å². The molecule has 0 bridgehead atoms. The largest absolute Gasteiger partial charge is 0.329 e. The molecule has 0 spiro atoms. The highest BCUT2D eigenvalue weighted by molar-refractivity contribution is 7.10. The molecule has 1 atom stereocenters. The minimum Gasteiger partial charge on any atom is -0.329 e. The van der Waals surface area contributed by atoms with E-state index in [1.54, 1.807) is 11.3 Å². The van der Waals surface area contributed by atoms with Gasteiger partial charge in [-0.1, -0.05) is 0 Å². The summed E-state index contributed by atoms with van der Waals surface area (Å²) < 4.78 is 27.0. The lowest BCUT2D eigenvalue weighted by Crippen LogP contribution is -2.27. The van der Waals surface area contributed by atoms with Crippen molar-refractivity contribution in [2.24, 2.45) is 5.73 Å². The summed E-state index contributed by atoms with van der Waals surface area (Å²) in [6.45, 7) is 0.0726. The molecule has 0 aliphatic heterocycles. The van der Waals surface area contributed by atoms with Crippen molar-refractivity contribution in [3.63, 3.8) is 0 Å².